The fraction of sp³-hybridized carbons (Fsp3) is 0.600. The van der Waals surface area contributed by atoms with Crippen LogP contribution >= 0.6 is 23.2 Å². The monoisotopic (exact) mass is 1220 g/mol. The summed E-state index contributed by atoms with van der Waals surface area (Å²) >= 11 is 12.1. The first kappa shape index (κ1) is 65.4. The van der Waals surface area contributed by atoms with Crippen molar-refractivity contribution in [1.29, 1.82) is 0 Å². The lowest BCUT2D eigenvalue weighted by Crippen LogP contribution is -2.74. The predicted molar refractivity (Wildman–Crippen MR) is 305 cm³/mol. The minimum Gasteiger partial charge on any atom is -0.461 e. The highest BCUT2D eigenvalue weighted by Gasteiger charge is 2.51. The molecule has 0 atom stereocenters. The van der Waals surface area contributed by atoms with Crippen LogP contribution < -0.4 is 10.6 Å². The number of carbonyl (C=O) groups is 6. The number of aromatic amines is 1. The first-order valence-electron chi connectivity index (χ1n) is 26.9. The number of nitrogens with zero attached hydrogens (tertiary/aromatic N) is 7. The lowest BCUT2D eigenvalue weighted by Gasteiger charge is -2.49. The molecule has 0 radical (unpaired) electrons. The van der Waals surface area contributed by atoms with Crippen LogP contribution in [0.5, 0.6) is 0 Å². The van der Waals surface area contributed by atoms with E-state index < -0.39 is 73.9 Å². The van der Waals surface area contributed by atoms with E-state index in [-0.39, 0.29) is 51.9 Å². The maximum atomic E-state index is 13.2. The van der Waals surface area contributed by atoms with Crippen LogP contribution in [0.25, 0.3) is 22.5 Å². The van der Waals surface area contributed by atoms with Gasteiger partial charge in [0.1, 0.15) is 49.6 Å². The van der Waals surface area contributed by atoms with Crippen molar-refractivity contribution >= 4 is 69.6 Å². The number of pyridine rings is 2. The van der Waals surface area contributed by atoms with Gasteiger partial charge in [0.2, 0.25) is 0 Å². The molecular weight excluding hydrogens is 1140 g/mol. The number of aryl methyl sites for hydroxylation is 2. The van der Waals surface area contributed by atoms with Crippen LogP contribution in [-0.4, -0.2) is 170 Å². The van der Waals surface area contributed by atoms with Crippen LogP contribution in [0, 0.1) is 0 Å². The number of halogens is 2. The molecule has 3 N–H and O–H groups in total. The van der Waals surface area contributed by atoms with Crippen LogP contribution in [0.3, 0.4) is 0 Å². The van der Waals surface area contributed by atoms with Crippen molar-refractivity contribution in [3.63, 3.8) is 0 Å². The van der Waals surface area contributed by atoms with E-state index in [1.165, 1.54) is 9.80 Å². The number of alkyl carbamates (subject to hydrolysis) is 2. The van der Waals surface area contributed by atoms with Gasteiger partial charge in [-0.1, -0.05) is 23.2 Å². The number of rotatable bonds is 11. The van der Waals surface area contributed by atoms with Gasteiger partial charge in [-0.05, 0) is 146 Å². The maximum absolute atomic E-state index is 13.2. The van der Waals surface area contributed by atoms with E-state index in [1.807, 2.05) is 0 Å². The van der Waals surface area contributed by atoms with E-state index in [0.717, 1.165) is 58.2 Å². The zero-order valence-corrected chi connectivity index (χ0v) is 52.0. The number of hydrogen-bond acceptors (Lipinski definition) is 19. The molecule has 2 fully saturated rings. The molecule has 0 saturated carbocycles. The van der Waals surface area contributed by atoms with Gasteiger partial charge < -0.3 is 48.9 Å². The SMILES string of the molecule is CC(C)(C)OC(=O)NC1(COS(C)(=O)=O)CN(C(=O)OC(C)(C)C)C1.CCOC(=O)c1[nH]nc2c1CCc1cnc(Cl)cc1-2.CCOC(=O)c1c2c(nn1CC1(NC(=O)OC(C)(C)C)CN(C(=O)OC(C)(C)C)C1)-c1cc(Cl)ncc1CC2. The number of esters is 2. The Morgan fingerprint density at radius 3 is 1.52 bits per heavy atom. The van der Waals surface area contributed by atoms with Gasteiger partial charge in [0.25, 0.3) is 10.1 Å². The molecule has 4 aromatic heterocycles. The molecule has 0 unspecified atom stereocenters. The third-order valence-electron chi connectivity index (χ3n) is 12.4. The Labute approximate surface area is 493 Å². The van der Waals surface area contributed by atoms with Gasteiger partial charge in [-0.2, -0.15) is 18.6 Å². The number of likely N-dealkylation sites (tertiary alicyclic amines) is 2. The third kappa shape index (κ3) is 17.9. The van der Waals surface area contributed by atoms with E-state index in [0.29, 0.717) is 46.8 Å². The summed E-state index contributed by atoms with van der Waals surface area (Å²) in [7, 11) is -3.70. The Morgan fingerprint density at radius 1 is 0.627 bits per heavy atom. The second-order valence-corrected chi connectivity index (χ2v) is 26.9. The predicted octanol–water partition coefficient (Wildman–Crippen LogP) is 8.27. The van der Waals surface area contributed by atoms with Crippen LogP contribution in [0.1, 0.15) is 140 Å². The van der Waals surface area contributed by atoms with Crippen LogP contribution in [0.2, 0.25) is 10.3 Å². The lowest BCUT2D eigenvalue weighted by atomic mass is 9.89. The molecule has 0 bridgehead atoms. The molecule has 4 aromatic rings. The van der Waals surface area contributed by atoms with Crippen molar-refractivity contribution in [3.8, 4) is 22.5 Å². The Bertz CT molecular complexity index is 3200. The summed E-state index contributed by atoms with van der Waals surface area (Å²) in [5, 5.41) is 18.1. The number of hydrogen-bond donors (Lipinski definition) is 3. The Balaban J connectivity index is 0.000000215. The number of fused-ring (bicyclic) bond motifs is 6. The third-order valence-corrected chi connectivity index (χ3v) is 13.3. The van der Waals surface area contributed by atoms with E-state index >= 15 is 0 Å². The molecule has 8 rings (SSSR count). The molecule has 6 heterocycles. The molecule has 4 aliphatic rings. The quantitative estimate of drug-likeness (QED) is 0.0550. The van der Waals surface area contributed by atoms with Crippen molar-refractivity contribution in [2.75, 3.05) is 52.3 Å². The van der Waals surface area contributed by atoms with E-state index in [4.69, 9.17) is 60.9 Å². The molecule has 83 heavy (non-hydrogen) atoms. The van der Waals surface area contributed by atoms with Gasteiger partial charge in [0, 0.05) is 34.6 Å². The fourth-order valence-electron chi connectivity index (χ4n) is 9.22. The van der Waals surface area contributed by atoms with Gasteiger partial charge >= 0.3 is 36.3 Å². The average molecular weight is 1220 g/mol. The zero-order chi connectivity index (χ0) is 61.8. The summed E-state index contributed by atoms with van der Waals surface area (Å²) in [5.74, 6) is -0.870. The molecular formula is C55H76Cl2N10O15S. The number of ether oxygens (including phenoxy) is 6. The number of nitrogens with one attached hydrogen (secondary N) is 3. The van der Waals surface area contributed by atoms with Crippen molar-refractivity contribution in [2.45, 2.75) is 163 Å². The first-order chi connectivity index (χ1) is 38.3. The van der Waals surface area contributed by atoms with E-state index in [9.17, 15) is 37.2 Å². The van der Waals surface area contributed by atoms with E-state index in [2.05, 4.69) is 30.8 Å². The average Bonchev–Trinajstić information content (AvgIpc) is 3.81. The van der Waals surface area contributed by atoms with Gasteiger partial charge in [0.15, 0.2) is 0 Å². The molecule has 0 aromatic carbocycles. The fourth-order valence-corrected chi connectivity index (χ4v) is 9.98. The summed E-state index contributed by atoms with van der Waals surface area (Å²) in [5.41, 5.74) is 2.83. The number of H-pyrrole nitrogens is 1. The minimum atomic E-state index is -3.70. The summed E-state index contributed by atoms with van der Waals surface area (Å²) in [6, 6.07) is 3.52. The zero-order valence-electron chi connectivity index (χ0n) is 49.7. The van der Waals surface area contributed by atoms with Crippen molar-refractivity contribution in [2.24, 2.45) is 0 Å². The molecule has 2 saturated heterocycles. The molecule has 4 amide bonds. The van der Waals surface area contributed by atoms with Gasteiger partial charge in [-0.3, -0.25) is 14.0 Å². The molecule has 2 aliphatic carbocycles. The maximum Gasteiger partial charge on any atom is 0.410 e. The van der Waals surface area contributed by atoms with Gasteiger partial charge in [0.05, 0.1) is 75.7 Å². The molecule has 0 spiro atoms. The Morgan fingerprint density at radius 2 is 1.06 bits per heavy atom. The van der Waals surface area contributed by atoms with Crippen LogP contribution in [-0.2, 0) is 75.0 Å². The second kappa shape index (κ2) is 25.2. The highest BCUT2D eigenvalue weighted by molar-refractivity contribution is 7.86. The largest absolute Gasteiger partial charge is 0.461 e. The lowest BCUT2D eigenvalue weighted by molar-refractivity contribution is -0.0320. The summed E-state index contributed by atoms with van der Waals surface area (Å²) in [4.78, 5) is 85.8. The summed E-state index contributed by atoms with van der Waals surface area (Å²) < 4.78 is 60.8. The van der Waals surface area contributed by atoms with Crippen molar-refractivity contribution in [1.82, 2.24) is 50.4 Å². The molecule has 456 valence electrons. The number of amides is 4. The number of carbonyl (C=O) groups excluding carboxylic acids is 6. The highest BCUT2D eigenvalue weighted by atomic mass is 35.5. The standard InChI is InChI=1S/C27H36ClN5O6.C15H28N2O7S.C13H12ClN3O2/c1-8-37-22(34)21-17-10-9-16-12-29-19(28)11-18(16)20(17)31-33(21)15-27(30-23(35)38-25(2,3)4)13-32(14-27)24(36)39-26(5,6)7;1-13(2,3)23-11(18)16-15(10-22-25(7,20)21)8-17(9-15)12(19)24-14(4,5)6;1-2-19-13(18)12-8-4-3-7-6-15-10(14)5-9(7)11(8)16-17-12/h11-12H,8-10,13-15H2,1-7H3,(H,30,35);8-10H2,1-7H3,(H,16,18);5-6H,2-4H2,1H3,(H,16,17). The van der Waals surface area contributed by atoms with Gasteiger partial charge in [-0.25, -0.2) is 38.7 Å². The number of aromatic nitrogens is 6. The Hall–Kier alpha value is -6.77. The van der Waals surface area contributed by atoms with Crippen LogP contribution in [0.4, 0.5) is 19.2 Å². The highest BCUT2D eigenvalue weighted by Crippen LogP contribution is 2.38. The Kier molecular flexibility index (Phi) is 19.9. The second-order valence-electron chi connectivity index (χ2n) is 24.5. The van der Waals surface area contributed by atoms with Gasteiger partial charge in [-0.15, -0.1) is 0 Å². The minimum absolute atomic E-state index is 0.0523. The first-order valence-corrected chi connectivity index (χ1v) is 29.5. The molecule has 25 nitrogen and oxygen atoms in total. The normalized spacial score (nSPS) is 15.7. The topological polar surface area (TPSA) is 304 Å². The summed E-state index contributed by atoms with van der Waals surface area (Å²) in [6.07, 6.45) is 4.80. The van der Waals surface area contributed by atoms with Crippen LogP contribution in [0.15, 0.2) is 24.5 Å². The van der Waals surface area contributed by atoms with E-state index in [1.54, 1.807) is 126 Å². The molecule has 28 heteroatoms. The smallest absolute Gasteiger partial charge is 0.410 e. The summed E-state index contributed by atoms with van der Waals surface area (Å²) in [6.45, 7) is 25.3. The molecule has 2 aliphatic heterocycles. The van der Waals surface area contributed by atoms with Crippen molar-refractivity contribution in [3.05, 3.63) is 68.5 Å². The van der Waals surface area contributed by atoms with Crippen molar-refractivity contribution < 1.29 is 69.8 Å².